The zero-order valence-electron chi connectivity index (χ0n) is 9.02. The third-order valence-corrected chi connectivity index (χ3v) is 4.05. The summed E-state index contributed by atoms with van der Waals surface area (Å²) in [5.41, 5.74) is 3.75. The zero-order valence-corrected chi connectivity index (χ0v) is 9.02. The van der Waals surface area contributed by atoms with Gasteiger partial charge in [0.05, 0.1) is 0 Å². The maximum Gasteiger partial charge on any atom is 0.00769 e. The predicted molar refractivity (Wildman–Crippen MR) is 57.5 cm³/mol. The minimum absolute atomic E-state index is 0.308. The summed E-state index contributed by atoms with van der Waals surface area (Å²) in [6.45, 7) is 9.26. The Morgan fingerprint density at radius 2 is 1.31 bits per heavy atom. The van der Waals surface area contributed by atoms with Gasteiger partial charge in [-0.1, -0.05) is 49.3 Å². The number of fused-ring (bicyclic) bond motifs is 2. The van der Waals surface area contributed by atoms with Gasteiger partial charge in [0.15, 0.2) is 0 Å². The Kier molecular flexibility index (Phi) is 1.61. The summed E-state index contributed by atoms with van der Waals surface area (Å²) in [6, 6.07) is 0. The quantitative estimate of drug-likeness (QED) is 0.489. The molecular weight excluding hydrogens is 156 g/mol. The Hall–Kier alpha value is -0.780. The predicted octanol–water partition coefficient (Wildman–Crippen LogP) is 3.87. The molecule has 2 atom stereocenters. The van der Waals surface area contributed by atoms with Crippen molar-refractivity contribution < 1.29 is 0 Å². The van der Waals surface area contributed by atoms with Gasteiger partial charge in [-0.25, -0.2) is 0 Å². The molecule has 2 rings (SSSR count). The van der Waals surface area contributed by atoms with Crippen LogP contribution in [-0.2, 0) is 0 Å². The van der Waals surface area contributed by atoms with Gasteiger partial charge in [0.25, 0.3) is 0 Å². The third kappa shape index (κ3) is 1.04. The van der Waals surface area contributed by atoms with Gasteiger partial charge in [0.2, 0.25) is 0 Å². The second kappa shape index (κ2) is 2.37. The molecule has 0 heterocycles. The normalized spacial score (nSPS) is 42.8. The van der Waals surface area contributed by atoms with Crippen LogP contribution in [0.15, 0.2) is 35.5 Å². The van der Waals surface area contributed by atoms with Crippen LogP contribution < -0.4 is 0 Å². The summed E-state index contributed by atoms with van der Waals surface area (Å²) in [4.78, 5) is 0. The lowest BCUT2D eigenvalue weighted by Crippen LogP contribution is -2.15. The highest BCUT2D eigenvalue weighted by atomic mass is 14.5. The molecule has 2 unspecified atom stereocenters. The highest BCUT2D eigenvalue weighted by molar-refractivity contribution is 5.41. The number of rotatable bonds is 0. The van der Waals surface area contributed by atoms with E-state index in [-0.39, 0.29) is 0 Å². The van der Waals surface area contributed by atoms with Crippen LogP contribution in [0.25, 0.3) is 0 Å². The van der Waals surface area contributed by atoms with Gasteiger partial charge in [-0.2, -0.15) is 0 Å². The molecule has 13 heavy (non-hydrogen) atoms. The van der Waals surface area contributed by atoms with Crippen LogP contribution in [0.2, 0.25) is 0 Å². The van der Waals surface area contributed by atoms with Crippen LogP contribution in [0.3, 0.4) is 0 Å². The van der Waals surface area contributed by atoms with E-state index in [4.69, 9.17) is 0 Å². The first-order valence-corrected chi connectivity index (χ1v) is 5.03. The van der Waals surface area contributed by atoms with Crippen LogP contribution in [0, 0.1) is 10.8 Å². The van der Waals surface area contributed by atoms with E-state index in [1.807, 2.05) is 0 Å². The Balaban J connectivity index is 2.61. The number of hydrogen-bond donors (Lipinski definition) is 0. The highest BCUT2D eigenvalue weighted by Crippen LogP contribution is 2.55. The van der Waals surface area contributed by atoms with E-state index in [2.05, 4.69) is 52.0 Å². The summed E-state index contributed by atoms with van der Waals surface area (Å²) in [7, 11) is 0. The van der Waals surface area contributed by atoms with Gasteiger partial charge in [-0.3, -0.25) is 0 Å². The molecule has 70 valence electrons. The van der Waals surface area contributed by atoms with E-state index >= 15 is 0 Å². The summed E-state index contributed by atoms with van der Waals surface area (Å²) in [6.07, 6.45) is 10.3. The largest absolute Gasteiger partial charge is 0.0745 e. The summed E-state index contributed by atoms with van der Waals surface area (Å²) < 4.78 is 0. The van der Waals surface area contributed by atoms with E-state index in [0.29, 0.717) is 10.8 Å². The minimum atomic E-state index is 0.308. The zero-order chi connectivity index (χ0) is 9.69. The molecule has 0 aromatic carbocycles. The molecule has 0 aromatic rings. The monoisotopic (exact) mass is 174 g/mol. The molecule has 0 nitrogen and oxygen atoms in total. The van der Waals surface area contributed by atoms with Crippen LogP contribution in [0.5, 0.6) is 0 Å². The Morgan fingerprint density at radius 3 is 1.69 bits per heavy atom. The minimum Gasteiger partial charge on any atom is -0.0745 e. The maximum atomic E-state index is 2.35. The standard InChI is InChI=1S/C13H18/c1-10-11(2)13(4)8-6-5-7-12(10,3)9-13/h5-8H,9H2,1-4H3. The molecule has 2 aliphatic rings. The topological polar surface area (TPSA) is 0 Å². The fourth-order valence-corrected chi connectivity index (χ4v) is 2.79. The van der Waals surface area contributed by atoms with Crippen molar-refractivity contribution in [2.75, 3.05) is 0 Å². The molecule has 0 aromatic heterocycles. The Morgan fingerprint density at radius 1 is 0.923 bits per heavy atom. The lowest BCUT2D eigenvalue weighted by molar-refractivity contribution is 0.387. The van der Waals surface area contributed by atoms with Gasteiger partial charge in [-0.15, -0.1) is 0 Å². The molecular formula is C13H18. The molecule has 0 N–H and O–H groups in total. The highest BCUT2D eigenvalue weighted by Gasteiger charge is 2.43. The van der Waals surface area contributed by atoms with E-state index in [0.717, 1.165) is 0 Å². The molecule has 0 fully saturated rings. The van der Waals surface area contributed by atoms with Crippen LogP contribution in [0.1, 0.15) is 34.1 Å². The van der Waals surface area contributed by atoms with Crippen molar-refractivity contribution in [3.05, 3.63) is 35.5 Å². The summed E-state index contributed by atoms with van der Waals surface area (Å²) in [5, 5.41) is 0. The van der Waals surface area contributed by atoms with Gasteiger partial charge < -0.3 is 0 Å². The second-order valence-corrected chi connectivity index (χ2v) is 4.98. The third-order valence-electron chi connectivity index (χ3n) is 4.05. The summed E-state index contributed by atoms with van der Waals surface area (Å²) in [5.74, 6) is 0. The fourth-order valence-electron chi connectivity index (χ4n) is 2.79. The first-order valence-electron chi connectivity index (χ1n) is 5.03. The molecule has 0 spiro atoms. The smallest absolute Gasteiger partial charge is 0.00769 e. The van der Waals surface area contributed by atoms with Crippen molar-refractivity contribution >= 4 is 0 Å². The molecule has 0 saturated carbocycles. The number of hydrogen-bond acceptors (Lipinski definition) is 0. The first-order chi connectivity index (χ1) is 5.98. The van der Waals surface area contributed by atoms with Gasteiger partial charge in [0.1, 0.15) is 0 Å². The van der Waals surface area contributed by atoms with Crippen molar-refractivity contribution in [1.82, 2.24) is 0 Å². The fraction of sp³-hybridized carbons (Fsp3) is 0.538. The van der Waals surface area contributed by atoms with E-state index in [1.54, 1.807) is 11.1 Å². The van der Waals surface area contributed by atoms with Crippen molar-refractivity contribution in [3.8, 4) is 0 Å². The summed E-state index contributed by atoms with van der Waals surface area (Å²) >= 11 is 0. The SMILES string of the molecule is CC1=C(C)C2(C)C=CC=CC1(C)C2. The van der Waals surface area contributed by atoms with E-state index in [9.17, 15) is 0 Å². The lowest BCUT2D eigenvalue weighted by atomic mass is 9.78. The van der Waals surface area contributed by atoms with Gasteiger partial charge >= 0.3 is 0 Å². The average molecular weight is 174 g/mol. The van der Waals surface area contributed by atoms with Crippen molar-refractivity contribution in [3.63, 3.8) is 0 Å². The first kappa shape index (κ1) is 8.80. The molecule has 0 heteroatoms. The van der Waals surface area contributed by atoms with Crippen LogP contribution >= 0.6 is 0 Å². The van der Waals surface area contributed by atoms with Gasteiger partial charge in [0, 0.05) is 10.8 Å². The van der Waals surface area contributed by atoms with Crippen molar-refractivity contribution in [2.24, 2.45) is 10.8 Å². The van der Waals surface area contributed by atoms with E-state index < -0.39 is 0 Å². The number of allylic oxidation sites excluding steroid dienone is 6. The lowest BCUT2D eigenvalue weighted by Gasteiger charge is -2.25. The maximum absolute atomic E-state index is 2.35. The van der Waals surface area contributed by atoms with E-state index in [1.165, 1.54) is 6.42 Å². The van der Waals surface area contributed by atoms with Crippen LogP contribution in [0.4, 0.5) is 0 Å². The molecule has 2 bridgehead atoms. The molecule has 0 amide bonds. The average Bonchev–Trinajstić information content (AvgIpc) is 2.27. The van der Waals surface area contributed by atoms with Gasteiger partial charge in [-0.05, 0) is 20.3 Å². The Bertz CT molecular complexity index is 298. The Labute approximate surface area is 81.0 Å². The van der Waals surface area contributed by atoms with Crippen molar-refractivity contribution in [1.29, 1.82) is 0 Å². The van der Waals surface area contributed by atoms with Crippen molar-refractivity contribution in [2.45, 2.75) is 34.1 Å². The molecule has 0 saturated heterocycles. The second-order valence-electron chi connectivity index (χ2n) is 4.98. The van der Waals surface area contributed by atoms with Crippen LogP contribution in [-0.4, -0.2) is 0 Å². The molecule has 0 aliphatic heterocycles. The molecule has 0 radical (unpaired) electrons. The molecule has 2 aliphatic carbocycles.